The first-order valence-corrected chi connectivity index (χ1v) is 6.97. The van der Waals surface area contributed by atoms with Gasteiger partial charge < -0.3 is 5.32 Å². The third kappa shape index (κ3) is 5.00. The molecule has 0 saturated carbocycles. The van der Waals surface area contributed by atoms with Gasteiger partial charge in [0, 0.05) is 42.4 Å². The normalized spacial score (nSPS) is 10.1. The van der Waals surface area contributed by atoms with E-state index in [2.05, 4.69) is 10.3 Å². The maximum atomic E-state index is 11.9. The van der Waals surface area contributed by atoms with Crippen molar-refractivity contribution in [3.8, 4) is 0 Å². The largest absolute Gasteiger partial charge is 0.352 e. The summed E-state index contributed by atoms with van der Waals surface area (Å²) >= 11 is 5.76. The van der Waals surface area contributed by atoms with Gasteiger partial charge in [-0.1, -0.05) is 17.7 Å². The van der Waals surface area contributed by atoms with Crippen LogP contribution in [-0.2, 0) is 11.3 Å². The molecule has 0 aliphatic heterocycles. The van der Waals surface area contributed by atoms with Gasteiger partial charge >= 0.3 is 0 Å². The number of nitrogens with one attached hydrogen (secondary N) is 1. The van der Waals surface area contributed by atoms with Crippen LogP contribution in [0.1, 0.15) is 28.8 Å². The third-order valence-electron chi connectivity index (χ3n) is 2.96. The van der Waals surface area contributed by atoms with Gasteiger partial charge in [0.25, 0.3) is 0 Å². The first-order chi connectivity index (χ1) is 10.1. The predicted molar refractivity (Wildman–Crippen MR) is 81.1 cm³/mol. The smallest absolute Gasteiger partial charge is 0.220 e. The van der Waals surface area contributed by atoms with Crippen molar-refractivity contribution in [1.29, 1.82) is 0 Å². The van der Waals surface area contributed by atoms with Crippen molar-refractivity contribution in [2.24, 2.45) is 0 Å². The summed E-state index contributed by atoms with van der Waals surface area (Å²) < 4.78 is 0. The van der Waals surface area contributed by atoms with Crippen molar-refractivity contribution in [1.82, 2.24) is 10.3 Å². The minimum atomic E-state index is -0.152. The molecule has 21 heavy (non-hydrogen) atoms. The number of halogens is 1. The first-order valence-electron chi connectivity index (χ1n) is 6.59. The molecule has 1 aromatic carbocycles. The summed E-state index contributed by atoms with van der Waals surface area (Å²) in [4.78, 5) is 27.6. The summed E-state index contributed by atoms with van der Waals surface area (Å²) in [7, 11) is 0. The number of pyridine rings is 1. The molecule has 1 aromatic heterocycles. The molecule has 0 spiro atoms. The Balaban J connectivity index is 1.76. The van der Waals surface area contributed by atoms with Crippen LogP contribution in [-0.4, -0.2) is 16.7 Å². The highest BCUT2D eigenvalue weighted by Gasteiger charge is 2.09. The van der Waals surface area contributed by atoms with E-state index in [0.29, 0.717) is 17.1 Å². The van der Waals surface area contributed by atoms with E-state index in [1.54, 1.807) is 36.7 Å². The highest BCUT2D eigenvalue weighted by atomic mass is 35.5. The Kier molecular flexibility index (Phi) is 5.46. The minimum Gasteiger partial charge on any atom is -0.352 e. The topological polar surface area (TPSA) is 59.1 Å². The second-order valence-electron chi connectivity index (χ2n) is 4.57. The molecular weight excluding hydrogens is 288 g/mol. The van der Waals surface area contributed by atoms with Crippen LogP contribution in [0.2, 0.25) is 5.02 Å². The number of aromatic nitrogens is 1. The van der Waals surface area contributed by atoms with Crippen LogP contribution < -0.4 is 5.32 Å². The monoisotopic (exact) mass is 302 g/mol. The number of Topliss-reactive ketones (excluding diaryl/α,β-unsaturated/α-hetero) is 1. The number of carbonyl (C=O) groups excluding carboxylic acids is 2. The lowest BCUT2D eigenvalue weighted by Gasteiger charge is -2.05. The summed E-state index contributed by atoms with van der Waals surface area (Å²) in [6.07, 6.45) is 3.72. The molecule has 108 valence electrons. The fourth-order valence-corrected chi connectivity index (χ4v) is 1.92. The van der Waals surface area contributed by atoms with Crippen molar-refractivity contribution in [2.75, 3.05) is 0 Å². The maximum Gasteiger partial charge on any atom is 0.220 e. The first kappa shape index (κ1) is 15.2. The molecule has 2 rings (SSSR count). The molecule has 0 aliphatic carbocycles. The zero-order chi connectivity index (χ0) is 15.1. The molecule has 0 fully saturated rings. The van der Waals surface area contributed by atoms with Gasteiger partial charge in [0.2, 0.25) is 5.91 Å². The molecule has 0 atom stereocenters. The number of ketones is 1. The van der Waals surface area contributed by atoms with Gasteiger partial charge in [0.1, 0.15) is 0 Å². The number of hydrogen-bond donors (Lipinski definition) is 1. The Morgan fingerprint density at radius 2 is 1.86 bits per heavy atom. The number of nitrogens with zero attached hydrogens (tertiary/aromatic N) is 1. The number of benzene rings is 1. The molecular formula is C16H15ClN2O2. The van der Waals surface area contributed by atoms with Crippen LogP contribution in [0.5, 0.6) is 0 Å². The molecule has 0 radical (unpaired) electrons. The highest BCUT2D eigenvalue weighted by Crippen LogP contribution is 2.11. The molecule has 0 unspecified atom stereocenters. The molecule has 2 aromatic rings. The zero-order valence-corrected chi connectivity index (χ0v) is 12.1. The van der Waals surface area contributed by atoms with E-state index in [1.807, 2.05) is 12.1 Å². The van der Waals surface area contributed by atoms with Crippen molar-refractivity contribution in [2.45, 2.75) is 19.4 Å². The highest BCUT2D eigenvalue weighted by molar-refractivity contribution is 6.30. The van der Waals surface area contributed by atoms with Gasteiger partial charge in [-0.2, -0.15) is 0 Å². The Hall–Kier alpha value is -2.20. The van der Waals surface area contributed by atoms with Crippen LogP contribution in [0.3, 0.4) is 0 Å². The van der Waals surface area contributed by atoms with Crippen LogP contribution in [0, 0.1) is 0 Å². The standard InChI is InChI=1S/C16H15ClN2O2/c17-14-5-3-13(4-6-14)15(20)7-8-16(21)19-11-12-2-1-9-18-10-12/h1-6,9-10H,7-8,11H2,(H,19,21). The van der Waals surface area contributed by atoms with Gasteiger partial charge in [0.05, 0.1) is 0 Å². The average Bonchev–Trinajstić information content (AvgIpc) is 2.52. The minimum absolute atomic E-state index is 0.0665. The van der Waals surface area contributed by atoms with Gasteiger partial charge in [-0.05, 0) is 35.9 Å². The van der Waals surface area contributed by atoms with Crippen molar-refractivity contribution < 1.29 is 9.59 Å². The number of carbonyl (C=O) groups is 2. The number of rotatable bonds is 6. The lowest BCUT2D eigenvalue weighted by atomic mass is 10.1. The zero-order valence-electron chi connectivity index (χ0n) is 11.4. The molecule has 5 heteroatoms. The van der Waals surface area contributed by atoms with E-state index in [1.165, 1.54) is 0 Å². The van der Waals surface area contributed by atoms with E-state index in [0.717, 1.165) is 5.56 Å². The van der Waals surface area contributed by atoms with Crippen LogP contribution in [0.4, 0.5) is 0 Å². The average molecular weight is 303 g/mol. The summed E-state index contributed by atoms with van der Waals surface area (Å²) in [6, 6.07) is 10.3. The fraction of sp³-hybridized carbons (Fsp3) is 0.188. The van der Waals surface area contributed by atoms with E-state index in [-0.39, 0.29) is 24.5 Å². The van der Waals surface area contributed by atoms with E-state index >= 15 is 0 Å². The lowest BCUT2D eigenvalue weighted by Crippen LogP contribution is -2.23. The van der Waals surface area contributed by atoms with Crippen molar-refractivity contribution >= 4 is 23.3 Å². The van der Waals surface area contributed by atoms with Gasteiger partial charge in [-0.25, -0.2) is 0 Å². The van der Waals surface area contributed by atoms with Crippen molar-refractivity contribution in [3.63, 3.8) is 0 Å². The van der Waals surface area contributed by atoms with Crippen LogP contribution in [0.25, 0.3) is 0 Å². The van der Waals surface area contributed by atoms with Gasteiger partial charge in [-0.3, -0.25) is 14.6 Å². The van der Waals surface area contributed by atoms with Crippen molar-refractivity contribution in [3.05, 3.63) is 64.9 Å². The van der Waals surface area contributed by atoms with Crippen LogP contribution >= 0.6 is 11.6 Å². The molecule has 0 saturated heterocycles. The molecule has 4 nitrogen and oxygen atoms in total. The quantitative estimate of drug-likeness (QED) is 0.834. The van der Waals surface area contributed by atoms with Gasteiger partial charge in [-0.15, -0.1) is 0 Å². The SMILES string of the molecule is O=C(CCC(=O)c1ccc(Cl)cc1)NCc1cccnc1. The Labute approximate surface area is 128 Å². The number of hydrogen-bond acceptors (Lipinski definition) is 3. The maximum absolute atomic E-state index is 11.9. The Morgan fingerprint density at radius 1 is 1.10 bits per heavy atom. The lowest BCUT2D eigenvalue weighted by molar-refractivity contribution is -0.121. The third-order valence-corrected chi connectivity index (χ3v) is 3.21. The molecule has 1 heterocycles. The second kappa shape index (κ2) is 7.55. The molecule has 0 aliphatic rings. The van der Waals surface area contributed by atoms with Gasteiger partial charge in [0.15, 0.2) is 5.78 Å². The molecule has 1 N–H and O–H groups in total. The Morgan fingerprint density at radius 3 is 2.52 bits per heavy atom. The van der Waals surface area contributed by atoms with E-state index in [9.17, 15) is 9.59 Å². The summed E-state index contributed by atoms with van der Waals surface area (Å²) in [5, 5.41) is 3.35. The summed E-state index contributed by atoms with van der Waals surface area (Å²) in [5.74, 6) is -0.218. The molecule has 1 amide bonds. The summed E-state index contributed by atoms with van der Waals surface area (Å²) in [5.41, 5.74) is 1.49. The number of amides is 1. The molecule has 0 bridgehead atoms. The second-order valence-corrected chi connectivity index (χ2v) is 5.00. The predicted octanol–water partition coefficient (Wildman–Crippen LogP) is 3.01. The van der Waals surface area contributed by atoms with Crippen LogP contribution in [0.15, 0.2) is 48.8 Å². The van der Waals surface area contributed by atoms with E-state index < -0.39 is 0 Å². The summed E-state index contributed by atoms with van der Waals surface area (Å²) in [6.45, 7) is 0.418. The fourth-order valence-electron chi connectivity index (χ4n) is 1.80. The Bertz CT molecular complexity index is 612. The van der Waals surface area contributed by atoms with E-state index in [4.69, 9.17) is 11.6 Å².